The number of halogens is 1. The van der Waals surface area contributed by atoms with Crippen LogP contribution in [-0.2, 0) is 0 Å². The van der Waals surface area contributed by atoms with E-state index in [0.717, 1.165) is 16.8 Å². The van der Waals surface area contributed by atoms with Crippen LogP contribution in [0.2, 0.25) is 0 Å². The Balaban J connectivity index is 2.52. The third kappa shape index (κ3) is 1.58. The van der Waals surface area contributed by atoms with Crippen LogP contribution in [0.15, 0.2) is 16.0 Å². The molecule has 2 rings (SSSR count). The lowest BCUT2D eigenvalue weighted by molar-refractivity contribution is 0.439. The average Bonchev–Trinajstić information content (AvgIpc) is 2.62. The van der Waals surface area contributed by atoms with Crippen molar-refractivity contribution in [2.75, 3.05) is 5.73 Å². The Hall–Kier alpha value is -0.560. The summed E-state index contributed by atoms with van der Waals surface area (Å²) in [5.74, 6) is 0.399. The van der Waals surface area contributed by atoms with Gasteiger partial charge < -0.3 is 10.3 Å². The number of anilines is 1. The summed E-state index contributed by atoms with van der Waals surface area (Å²) in [5, 5.41) is 5.95. The van der Waals surface area contributed by atoms with Crippen LogP contribution in [-0.4, -0.2) is 5.16 Å². The topological polar surface area (TPSA) is 52.0 Å². The Labute approximate surface area is 93.1 Å². The lowest BCUT2D eigenvalue weighted by atomic mass is 10.2. The van der Waals surface area contributed by atoms with E-state index in [4.69, 9.17) is 10.3 Å². The predicted molar refractivity (Wildman–Crippen MR) is 61.7 cm³/mol. The van der Waals surface area contributed by atoms with Crippen molar-refractivity contribution in [1.29, 1.82) is 0 Å². The number of thiophene rings is 1. The first-order chi connectivity index (χ1) is 6.18. The van der Waals surface area contributed by atoms with Crippen LogP contribution in [0.1, 0.15) is 5.56 Å². The second-order valence-corrected chi connectivity index (χ2v) is 5.47. The summed E-state index contributed by atoms with van der Waals surface area (Å²) >= 11 is 3.96. The molecule has 0 bridgehead atoms. The zero-order chi connectivity index (χ0) is 9.42. The van der Waals surface area contributed by atoms with Gasteiger partial charge in [0.25, 0.3) is 0 Å². The van der Waals surface area contributed by atoms with E-state index in [1.807, 2.05) is 12.3 Å². The summed E-state index contributed by atoms with van der Waals surface area (Å²) in [6.45, 7) is 1.91. The number of hydrogen-bond donors (Lipinski definition) is 1. The summed E-state index contributed by atoms with van der Waals surface area (Å²) < 4.78 is 6.12. The van der Waals surface area contributed by atoms with Gasteiger partial charge in [-0.15, -0.1) is 11.3 Å². The number of aromatic nitrogens is 1. The van der Waals surface area contributed by atoms with Crippen LogP contribution in [0.4, 0.5) is 5.88 Å². The van der Waals surface area contributed by atoms with Gasteiger partial charge in [0.1, 0.15) is 5.69 Å². The Bertz CT molecular complexity index is 435. The predicted octanol–water partition coefficient (Wildman–Crippen LogP) is 2.90. The quantitative estimate of drug-likeness (QED) is 0.824. The molecule has 0 aliphatic carbocycles. The van der Waals surface area contributed by atoms with Crippen molar-refractivity contribution in [2.45, 2.75) is 6.92 Å². The van der Waals surface area contributed by atoms with Gasteiger partial charge in [-0.1, -0.05) is 5.16 Å². The molecular formula is C8H7IN2OS. The molecule has 13 heavy (non-hydrogen) atoms. The molecule has 68 valence electrons. The Morgan fingerprint density at radius 3 is 2.85 bits per heavy atom. The molecule has 0 unspecified atom stereocenters. The number of hydrogen-bond acceptors (Lipinski definition) is 4. The van der Waals surface area contributed by atoms with E-state index in [1.165, 1.54) is 2.88 Å². The van der Waals surface area contributed by atoms with Gasteiger partial charge in [0.05, 0.1) is 2.88 Å². The smallest absolute Gasteiger partial charge is 0.225 e. The van der Waals surface area contributed by atoms with Crippen molar-refractivity contribution in [3.8, 4) is 11.3 Å². The van der Waals surface area contributed by atoms with E-state index in [1.54, 1.807) is 11.3 Å². The van der Waals surface area contributed by atoms with Crippen LogP contribution in [0.25, 0.3) is 11.3 Å². The molecule has 0 aliphatic rings. The van der Waals surface area contributed by atoms with Crippen molar-refractivity contribution >= 4 is 39.8 Å². The zero-order valence-electron chi connectivity index (χ0n) is 6.87. The van der Waals surface area contributed by atoms with E-state index < -0.39 is 0 Å². The molecule has 2 heterocycles. The molecule has 0 fully saturated rings. The second-order valence-electron chi connectivity index (χ2n) is 2.66. The monoisotopic (exact) mass is 306 g/mol. The van der Waals surface area contributed by atoms with Gasteiger partial charge >= 0.3 is 0 Å². The Morgan fingerprint density at radius 2 is 2.38 bits per heavy atom. The highest BCUT2D eigenvalue weighted by Crippen LogP contribution is 2.30. The van der Waals surface area contributed by atoms with Crippen molar-refractivity contribution in [3.63, 3.8) is 0 Å². The highest BCUT2D eigenvalue weighted by molar-refractivity contribution is 14.1. The highest BCUT2D eigenvalue weighted by Gasteiger charge is 2.11. The molecule has 0 amide bonds. The molecule has 0 saturated carbocycles. The van der Waals surface area contributed by atoms with Gasteiger partial charge in [-0.3, -0.25) is 0 Å². The van der Waals surface area contributed by atoms with Gasteiger partial charge in [0.15, 0.2) is 0 Å². The highest BCUT2D eigenvalue weighted by atomic mass is 127. The van der Waals surface area contributed by atoms with E-state index in [9.17, 15) is 0 Å². The molecule has 0 atom stereocenters. The maximum absolute atomic E-state index is 5.56. The largest absolute Gasteiger partial charge is 0.367 e. The van der Waals surface area contributed by atoms with Crippen molar-refractivity contribution in [1.82, 2.24) is 5.16 Å². The molecule has 0 aromatic carbocycles. The molecule has 0 radical (unpaired) electrons. The first-order valence-corrected chi connectivity index (χ1v) is 5.60. The fraction of sp³-hybridized carbons (Fsp3) is 0.125. The average molecular weight is 306 g/mol. The van der Waals surface area contributed by atoms with E-state index in [2.05, 4.69) is 33.8 Å². The zero-order valence-corrected chi connectivity index (χ0v) is 9.85. The van der Waals surface area contributed by atoms with Crippen molar-refractivity contribution in [2.24, 2.45) is 0 Å². The minimum Gasteiger partial charge on any atom is -0.367 e. The first kappa shape index (κ1) is 9.01. The number of nitrogens with two attached hydrogens (primary N) is 1. The first-order valence-electron chi connectivity index (χ1n) is 3.64. The van der Waals surface area contributed by atoms with Crippen LogP contribution in [0, 0.1) is 9.81 Å². The van der Waals surface area contributed by atoms with Crippen LogP contribution >= 0.6 is 33.9 Å². The van der Waals surface area contributed by atoms with E-state index in [-0.39, 0.29) is 0 Å². The summed E-state index contributed by atoms with van der Waals surface area (Å²) in [7, 11) is 0. The normalized spacial score (nSPS) is 10.6. The molecular weight excluding hydrogens is 299 g/mol. The molecule has 2 aromatic rings. The van der Waals surface area contributed by atoms with Crippen molar-refractivity contribution in [3.05, 3.63) is 19.9 Å². The summed E-state index contributed by atoms with van der Waals surface area (Å²) in [6.07, 6.45) is 0. The number of nitrogen functional groups attached to an aromatic ring is 1. The minimum atomic E-state index is 0.399. The SMILES string of the molecule is Cc1c(-c2csc(I)c2)noc1N. The number of rotatable bonds is 1. The van der Waals surface area contributed by atoms with Crippen LogP contribution in [0.5, 0.6) is 0 Å². The lowest BCUT2D eigenvalue weighted by Crippen LogP contribution is -1.83. The fourth-order valence-electron chi connectivity index (χ4n) is 1.05. The third-order valence-corrected chi connectivity index (χ3v) is 3.59. The Kier molecular flexibility index (Phi) is 2.29. The Morgan fingerprint density at radius 1 is 1.62 bits per heavy atom. The molecule has 0 spiro atoms. The maximum Gasteiger partial charge on any atom is 0.225 e. The molecule has 5 heteroatoms. The van der Waals surface area contributed by atoms with Gasteiger partial charge in [-0.2, -0.15) is 0 Å². The van der Waals surface area contributed by atoms with Gasteiger partial charge in [-0.05, 0) is 35.6 Å². The van der Waals surface area contributed by atoms with Gasteiger partial charge in [0.2, 0.25) is 5.88 Å². The summed E-state index contributed by atoms with van der Waals surface area (Å²) in [6, 6.07) is 2.06. The van der Waals surface area contributed by atoms with Crippen LogP contribution in [0.3, 0.4) is 0 Å². The van der Waals surface area contributed by atoms with Gasteiger partial charge in [0, 0.05) is 16.5 Å². The molecule has 0 aliphatic heterocycles. The molecule has 3 nitrogen and oxygen atoms in total. The lowest BCUT2D eigenvalue weighted by Gasteiger charge is -1.89. The maximum atomic E-state index is 5.56. The van der Waals surface area contributed by atoms with Gasteiger partial charge in [-0.25, -0.2) is 0 Å². The fourth-order valence-corrected chi connectivity index (χ4v) is 2.38. The van der Waals surface area contributed by atoms with E-state index in [0.29, 0.717) is 5.88 Å². The number of nitrogens with zero attached hydrogens (tertiary/aromatic N) is 1. The molecule has 2 N–H and O–H groups in total. The minimum absolute atomic E-state index is 0.399. The third-order valence-electron chi connectivity index (χ3n) is 1.80. The van der Waals surface area contributed by atoms with E-state index >= 15 is 0 Å². The molecule has 0 saturated heterocycles. The van der Waals surface area contributed by atoms with Crippen molar-refractivity contribution < 1.29 is 4.52 Å². The molecule has 2 aromatic heterocycles. The summed E-state index contributed by atoms with van der Waals surface area (Å²) in [4.78, 5) is 0. The summed E-state index contributed by atoms with van der Waals surface area (Å²) in [5.41, 5.74) is 8.39. The second kappa shape index (κ2) is 3.30. The standard InChI is InChI=1S/C8H7IN2OS/c1-4-7(11-12-8(4)10)5-2-6(9)13-3-5/h2-3H,10H2,1H3. The van der Waals surface area contributed by atoms with Crippen LogP contribution < -0.4 is 5.73 Å².